The van der Waals surface area contributed by atoms with E-state index in [0.29, 0.717) is 25.7 Å². The summed E-state index contributed by atoms with van der Waals surface area (Å²) in [6.07, 6.45) is 61.1. The number of carbonyl (C=O) groups is 4. The van der Waals surface area contributed by atoms with Gasteiger partial charge >= 0.3 is 39.5 Å². The molecule has 0 fully saturated rings. The highest BCUT2D eigenvalue weighted by Gasteiger charge is 2.30. The van der Waals surface area contributed by atoms with E-state index in [1.54, 1.807) is 0 Å². The molecule has 0 aliphatic carbocycles. The smallest absolute Gasteiger partial charge is 0.462 e. The average molecular weight is 1420 g/mol. The minimum absolute atomic E-state index is 0.105. The molecule has 0 amide bonds. The molecule has 0 aromatic carbocycles. The van der Waals surface area contributed by atoms with E-state index in [1.807, 2.05) is 0 Å². The third-order valence-corrected chi connectivity index (χ3v) is 20.2. The van der Waals surface area contributed by atoms with Gasteiger partial charge in [-0.25, -0.2) is 9.13 Å². The number of rotatable bonds is 78. The van der Waals surface area contributed by atoms with E-state index < -0.39 is 97.5 Å². The summed E-state index contributed by atoms with van der Waals surface area (Å²) in [5, 5.41) is 10.6. The van der Waals surface area contributed by atoms with Crippen molar-refractivity contribution < 1.29 is 80.2 Å². The predicted molar refractivity (Wildman–Crippen MR) is 395 cm³/mol. The van der Waals surface area contributed by atoms with Crippen molar-refractivity contribution in [3.8, 4) is 0 Å². The van der Waals surface area contributed by atoms with Crippen molar-refractivity contribution in [2.45, 2.75) is 432 Å². The predicted octanol–water partition coefficient (Wildman–Crippen LogP) is 23.3. The second-order valence-corrected chi connectivity index (χ2v) is 31.5. The third kappa shape index (κ3) is 72.2. The maximum atomic E-state index is 13.1. The van der Waals surface area contributed by atoms with Gasteiger partial charge in [-0.2, -0.15) is 0 Å². The quantitative estimate of drug-likeness (QED) is 0.0222. The van der Waals surface area contributed by atoms with Crippen LogP contribution in [0.5, 0.6) is 0 Å². The molecular formula is C78H152O17P2. The van der Waals surface area contributed by atoms with Gasteiger partial charge in [0.25, 0.3) is 0 Å². The molecule has 17 nitrogen and oxygen atoms in total. The van der Waals surface area contributed by atoms with Crippen molar-refractivity contribution in [3.63, 3.8) is 0 Å². The number of ether oxygens (including phenoxy) is 4. The van der Waals surface area contributed by atoms with Crippen LogP contribution in [0.25, 0.3) is 0 Å². The van der Waals surface area contributed by atoms with Crippen LogP contribution in [0.2, 0.25) is 0 Å². The van der Waals surface area contributed by atoms with E-state index in [9.17, 15) is 43.2 Å². The van der Waals surface area contributed by atoms with Gasteiger partial charge in [0, 0.05) is 25.7 Å². The van der Waals surface area contributed by atoms with Crippen LogP contribution in [-0.4, -0.2) is 96.7 Å². The second-order valence-electron chi connectivity index (χ2n) is 28.6. The molecule has 0 rings (SSSR count). The first kappa shape index (κ1) is 95.1. The Kier molecular flexibility index (Phi) is 69.6. The second kappa shape index (κ2) is 71.1. The van der Waals surface area contributed by atoms with Crippen molar-refractivity contribution in [2.24, 2.45) is 5.92 Å². The molecule has 2 unspecified atom stereocenters. The summed E-state index contributed by atoms with van der Waals surface area (Å²) in [5.41, 5.74) is 0. The van der Waals surface area contributed by atoms with Crippen LogP contribution < -0.4 is 0 Å². The van der Waals surface area contributed by atoms with Crippen LogP contribution in [0.1, 0.15) is 413 Å². The van der Waals surface area contributed by atoms with E-state index in [4.69, 9.17) is 37.0 Å². The molecule has 0 bridgehead atoms. The first-order chi connectivity index (χ1) is 47.0. The van der Waals surface area contributed by atoms with Gasteiger partial charge < -0.3 is 33.8 Å². The number of aliphatic hydroxyl groups is 1. The van der Waals surface area contributed by atoms with Gasteiger partial charge in [-0.3, -0.25) is 37.3 Å². The number of phosphoric acid groups is 2. The standard InChI is InChI=1S/C78H152O17P2/c1-6-9-12-15-18-21-24-26-28-29-30-31-32-34-36-39-42-48-53-58-63-77(82)94-73(67-89-76(81)62-57-52-47-41-38-35-33-27-25-22-19-16-13-10-7-2)69-92-96(84,85)90-65-72(79)66-91-97(86,87)93-70-74(95-78(83)64-59-54-49-44-43-45-50-55-60-71(4)5)68-88-75(80)61-56-51-46-40-37-23-20-17-14-11-8-3/h71-74,79H,6-70H2,1-5H3,(H,84,85)(H,86,87)/t72-,73-,74-/m1/s1. The maximum absolute atomic E-state index is 13.1. The molecule has 0 aliphatic rings. The van der Waals surface area contributed by atoms with E-state index >= 15 is 0 Å². The maximum Gasteiger partial charge on any atom is 0.472 e. The summed E-state index contributed by atoms with van der Waals surface area (Å²) >= 11 is 0. The Balaban J connectivity index is 5.22. The fourth-order valence-corrected chi connectivity index (χ4v) is 13.6. The Bertz CT molecular complexity index is 1860. The Morgan fingerprint density at radius 2 is 0.474 bits per heavy atom. The largest absolute Gasteiger partial charge is 0.472 e. The minimum atomic E-state index is -4.96. The number of phosphoric ester groups is 2. The summed E-state index contributed by atoms with van der Waals surface area (Å²) in [6, 6.07) is 0. The van der Waals surface area contributed by atoms with E-state index in [1.165, 1.54) is 238 Å². The van der Waals surface area contributed by atoms with E-state index in [0.717, 1.165) is 95.8 Å². The van der Waals surface area contributed by atoms with Crippen molar-refractivity contribution in [3.05, 3.63) is 0 Å². The van der Waals surface area contributed by atoms with E-state index in [-0.39, 0.29) is 25.7 Å². The number of aliphatic hydroxyl groups excluding tert-OH is 1. The van der Waals surface area contributed by atoms with Gasteiger partial charge in [0.1, 0.15) is 19.3 Å². The molecule has 0 saturated carbocycles. The van der Waals surface area contributed by atoms with Crippen LogP contribution in [0, 0.1) is 5.92 Å². The van der Waals surface area contributed by atoms with Crippen molar-refractivity contribution >= 4 is 39.5 Å². The summed E-state index contributed by atoms with van der Waals surface area (Å²) in [4.78, 5) is 72.9. The first-order valence-electron chi connectivity index (χ1n) is 40.6. The molecular weight excluding hydrogens is 1270 g/mol. The topological polar surface area (TPSA) is 237 Å². The van der Waals surface area contributed by atoms with Crippen LogP contribution in [0.3, 0.4) is 0 Å². The molecule has 3 N–H and O–H groups in total. The monoisotopic (exact) mass is 1420 g/mol. The number of carbonyl (C=O) groups excluding carboxylic acids is 4. The minimum Gasteiger partial charge on any atom is -0.462 e. The van der Waals surface area contributed by atoms with Gasteiger partial charge in [0.2, 0.25) is 0 Å². The molecule has 0 aromatic rings. The molecule has 19 heteroatoms. The summed E-state index contributed by atoms with van der Waals surface area (Å²) in [6.45, 7) is 7.26. The number of hydrogen-bond acceptors (Lipinski definition) is 15. The first-order valence-corrected chi connectivity index (χ1v) is 43.6. The number of hydrogen-bond donors (Lipinski definition) is 3. The lowest BCUT2D eigenvalue weighted by molar-refractivity contribution is -0.161. The highest BCUT2D eigenvalue weighted by atomic mass is 31.2. The molecule has 0 radical (unpaired) electrons. The Morgan fingerprint density at radius 1 is 0.278 bits per heavy atom. The zero-order chi connectivity index (χ0) is 71.2. The average Bonchev–Trinajstić information content (AvgIpc) is 1.36. The lowest BCUT2D eigenvalue weighted by atomic mass is 10.0. The normalized spacial score (nSPS) is 13.9. The van der Waals surface area contributed by atoms with Crippen LogP contribution in [0.4, 0.5) is 0 Å². The highest BCUT2D eigenvalue weighted by molar-refractivity contribution is 7.47. The fourth-order valence-electron chi connectivity index (χ4n) is 12.1. The molecule has 576 valence electrons. The lowest BCUT2D eigenvalue weighted by Gasteiger charge is -2.21. The van der Waals surface area contributed by atoms with Gasteiger partial charge in [0.05, 0.1) is 26.4 Å². The SMILES string of the molecule is CCCCCCCCCCCCCCCCCCCCCCC(=O)O[C@H](COC(=O)CCCCCCCCCCCCCCCCC)COP(=O)(O)OC[C@@H](O)COP(=O)(O)OC[C@@H](COC(=O)CCCCCCCCCCCCC)OC(=O)CCCCCCCCCCC(C)C. The molecule has 0 aromatic heterocycles. The van der Waals surface area contributed by atoms with Gasteiger partial charge in [0.15, 0.2) is 12.2 Å². The summed E-state index contributed by atoms with van der Waals surface area (Å²) < 4.78 is 68.6. The Morgan fingerprint density at radius 3 is 0.701 bits per heavy atom. The zero-order valence-electron chi connectivity index (χ0n) is 63.2. The molecule has 5 atom stereocenters. The van der Waals surface area contributed by atoms with Crippen LogP contribution >= 0.6 is 15.6 Å². The highest BCUT2D eigenvalue weighted by Crippen LogP contribution is 2.45. The summed E-state index contributed by atoms with van der Waals surface area (Å²) in [7, 11) is -9.91. The Hall–Kier alpha value is -1.94. The van der Waals surface area contributed by atoms with E-state index in [2.05, 4.69) is 34.6 Å². The fraction of sp³-hybridized carbons (Fsp3) is 0.949. The zero-order valence-corrected chi connectivity index (χ0v) is 65.0. The Labute approximate surface area is 594 Å². The number of esters is 4. The number of unbranched alkanes of at least 4 members (excludes halogenated alkanes) is 50. The van der Waals surface area contributed by atoms with Gasteiger partial charge in [-0.15, -0.1) is 0 Å². The molecule has 0 saturated heterocycles. The molecule has 0 spiro atoms. The van der Waals surface area contributed by atoms with Crippen molar-refractivity contribution in [1.29, 1.82) is 0 Å². The van der Waals surface area contributed by atoms with Gasteiger partial charge in [-0.05, 0) is 31.6 Å². The molecule has 0 aliphatic heterocycles. The third-order valence-electron chi connectivity index (χ3n) is 18.3. The van der Waals surface area contributed by atoms with Crippen LogP contribution in [-0.2, 0) is 65.4 Å². The van der Waals surface area contributed by atoms with Crippen molar-refractivity contribution in [2.75, 3.05) is 39.6 Å². The van der Waals surface area contributed by atoms with Crippen molar-refractivity contribution in [1.82, 2.24) is 0 Å². The lowest BCUT2D eigenvalue weighted by Crippen LogP contribution is -2.30. The summed E-state index contributed by atoms with van der Waals surface area (Å²) in [5.74, 6) is -1.39. The van der Waals surface area contributed by atoms with Gasteiger partial charge in [-0.1, -0.05) is 362 Å². The molecule has 0 heterocycles. The molecule has 97 heavy (non-hydrogen) atoms. The van der Waals surface area contributed by atoms with Crippen LogP contribution in [0.15, 0.2) is 0 Å².